The number of hydrogen-bond donors (Lipinski definition) is 1. The van der Waals surface area contributed by atoms with E-state index in [0.717, 1.165) is 17.4 Å². The van der Waals surface area contributed by atoms with Crippen LogP contribution in [0.2, 0.25) is 0 Å². The number of benzene rings is 3. The van der Waals surface area contributed by atoms with Crippen LogP contribution in [0.1, 0.15) is 0 Å². The molecule has 0 aliphatic heterocycles. The van der Waals surface area contributed by atoms with Crippen molar-refractivity contribution in [3.8, 4) is 0 Å². The van der Waals surface area contributed by atoms with Crippen LogP contribution in [0.4, 0.5) is 0 Å². The van der Waals surface area contributed by atoms with Gasteiger partial charge in [-0.25, -0.2) is 0 Å². The van der Waals surface area contributed by atoms with Gasteiger partial charge in [-0.15, -0.1) is 0 Å². The molecule has 3 rings (SSSR count). The minimum absolute atomic E-state index is 0.306. The minimum atomic E-state index is 0.306. The van der Waals surface area contributed by atoms with Gasteiger partial charge in [0.05, 0.1) is 0 Å². The molecule has 3 aromatic rings. The second-order valence-electron chi connectivity index (χ2n) is 3.23. The van der Waals surface area contributed by atoms with E-state index in [0.29, 0.717) is 10.5 Å². The molecule has 2 nitrogen and oxygen atoms in total. The van der Waals surface area contributed by atoms with Crippen LogP contribution in [0.3, 0.4) is 0 Å². The molecule has 0 atom stereocenters. The van der Waals surface area contributed by atoms with Crippen LogP contribution < -0.4 is 0 Å². The smallest absolute Gasteiger partial charge is 0.171 e. The monoisotopic (exact) mass is 346 g/mol. The summed E-state index contributed by atoms with van der Waals surface area (Å²) >= 11 is 1.06. The molecule has 0 spiro atoms. The average Bonchev–Trinajstić information content (AvgIpc) is 2.70. The van der Waals surface area contributed by atoms with Crippen molar-refractivity contribution < 1.29 is 25.8 Å². The SMILES string of the molecule is O[SiH3].[O]=[V].[c-]1ccccc1.[c-]1ccccc1.[c-]1ccccc1. The second-order valence-corrected chi connectivity index (χ2v) is 3.23. The van der Waals surface area contributed by atoms with E-state index < -0.39 is 0 Å². The topological polar surface area (TPSA) is 37.3 Å². The van der Waals surface area contributed by atoms with E-state index in [1.54, 1.807) is 0 Å². The molecule has 1 N–H and O–H groups in total. The quantitative estimate of drug-likeness (QED) is 0.502. The van der Waals surface area contributed by atoms with Gasteiger partial charge in [0, 0.05) is 0 Å². The third-order valence-corrected chi connectivity index (χ3v) is 1.82. The summed E-state index contributed by atoms with van der Waals surface area (Å²) in [6.45, 7) is 0. The first-order chi connectivity index (χ1) is 11.0. The van der Waals surface area contributed by atoms with Crippen molar-refractivity contribution in [2.45, 2.75) is 0 Å². The molecule has 115 valence electrons. The van der Waals surface area contributed by atoms with E-state index in [-0.39, 0.29) is 0 Å². The van der Waals surface area contributed by atoms with Gasteiger partial charge >= 0.3 is 21.0 Å². The van der Waals surface area contributed by atoms with Crippen molar-refractivity contribution in [1.82, 2.24) is 0 Å². The minimum Gasteiger partial charge on any atom is -0.184 e. The molecule has 0 bridgehead atoms. The molecule has 4 heteroatoms. The van der Waals surface area contributed by atoms with Crippen LogP contribution in [0.25, 0.3) is 0 Å². The zero-order chi connectivity index (χ0) is 16.7. The average molecular weight is 346 g/mol. The molecule has 22 heavy (non-hydrogen) atoms. The fraction of sp³-hybridized carbons (Fsp3) is 0. The van der Waals surface area contributed by atoms with Crippen molar-refractivity contribution in [1.29, 1.82) is 0 Å². The predicted molar refractivity (Wildman–Crippen MR) is 88.7 cm³/mol. The number of hydrogen-bond acceptors (Lipinski definition) is 2. The number of rotatable bonds is 0. The summed E-state index contributed by atoms with van der Waals surface area (Å²) in [4.78, 5) is 7.14. The van der Waals surface area contributed by atoms with E-state index in [2.05, 4.69) is 18.2 Å². The summed E-state index contributed by atoms with van der Waals surface area (Å²) < 4.78 is 8.19. The molecule has 0 amide bonds. The first kappa shape index (κ1) is 22.5. The van der Waals surface area contributed by atoms with Gasteiger partial charge in [0.25, 0.3) is 0 Å². The van der Waals surface area contributed by atoms with Crippen LogP contribution >= 0.6 is 0 Å². The summed E-state index contributed by atoms with van der Waals surface area (Å²) in [6.07, 6.45) is 0. The molecule has 0 radical (unpaired) electrons. The molecule has 0 saturated heterocycles. The molecule has 0 aromatic heterocycles. The van der Waals surface area contributed by atoms with E-state index in [1.807, 2.05) is 91.0 Å². The third-order valence-electron chi connectivity index (χ3n) is 1.82. The van der Waals surface area contributed by atoms with Gasteiger partial charge in [0.15, 0.2) is 0 Å². The molecule has 0 heterocycles. The van der Waals surface area contributed by atoms with Crippen molar-refractivity contribution >= 4 is 10.5 Å². The van der Waals surface area contributed by atoms with Crippen molar-refractivity contribution in [3.63, 3.8) is 0 Å². The Labute approximate surface area is 145 Å². The summed E-state index contributed by atoms with van der Waals surface area (Å²) in [5.41, 5.74) is 0. The van der Waals surface area contributed by atoms with E-state index >= 15 is 0 Å². The van der Waals surface area contributed by atoms with E-state index in [9.17, 15) is 0 Å². The van der Waals surface area contributed by atoms with Gasteiger partial charge in [-0.1, -0.05) is 0 Å². The standard InChI is InChI=1S/3C6H5.H4OSi.O.V/c3*1-2-4-6-5-3-1;1-2;;/h3*1-5H;1H,2H3;;/q3*-1;;;. The van der Waals surface area contributed by atoms with Crippen molar-refractivity contribution in [2.75, 3.05) is 0 Å². The van der Waals surface area contributed by atoms with Crippen molar-refractivity contribution in [2.24, 2.45) is 0 Å². The predicted octanol–water partition coefficient (Wildman–Crippen LogP) is 2.60. The summed E-state index contributed by atoms with van der Waals surface area (Å²) in [6, 6.07) is 37.5. The second kappa shape index (κ2) is 24.3. The Kier molecular flexibility index (Phi) is 24.8. The Morgan fingerprint density at radius 1 is 0.500 bits per heavy atom. The van der Waals surface area contributed by atoms with Crippen LogP contribution in [0.15, 0.2) is 91.0 Å². The largest absolute Gasteiger partial charge is 0.184 e. The Balaban J connectivity index is 0. The molecule has 3 aromatic carbocycles. The van der Waals surface area contributed by atoms with Crippen LogP contribution in [0.5, 0.6) is 0 Å². The first-order valence-electron chi connectivity index (χ1n) is 6.36. The van der Waals surface area contributed by atoms with Gasteiger partial charge in [0.2, 0.25) is 0 Å². The zero-order valence-corrected chi connectivity index (χ0v) is 15.9. The molecular weight excluding hydrogens is 327 g/mol. The molecule has 0 aliphatic rings. The Bertz CT molecular complexity index is 326. The van der Waals surface area contributed by atoms with Gasteiger partial charge in [-0.2, -0.15) is 109 Å². The maximum Gasteiger partial charge on any atom is -0.171 e. The molecule has 0 aliphatic carbocycles. The molecule has 0 fully saturated rings. The van der Waals surface area contributed by atoms with E-state index in [1.165, 1.54) is 0 Å². The normalized spacial score (nSPS) is 7.09. The Morgan fingerprint density at radius 2 is 0.682 bits per heavy atom. The summed E-state index contributed by atoms with van der Waals surface area (Å²) in [5, 5.41) is 0. The van der Waals surface area contributed by atoms with Gasteiger partial charge in [-0.3, -0.25) is 0 Å². The first-order valence-corrected chi connectivity index (χ1v) is 7.83. The van der Waals surface area contributed by atoms with Crippen LogP contribution in [-0.4, -0.2) is 15.3 Å². The van der Waals surface area contributed by atoms with Crippen LogP contribution in [-0.2, 0) is 21.0 Å². The summed E-state index contributed by atoms with van der Waals surface area (Å²) in [5.74, 6) is 0. The fourth-order valence-electron chi connectivity index (χ4n) is 1.03. The Morgan fingerprint density at radius 3 is 0.727 bits per heavy atom. The molecular formula is C18H19O2SiV-3. The summed E-state index contributed by atoms with van der Waals surface area (Å²) in [7, 11) is 0.306. The third kappa shape index (κ3) is 20.5. The van der Waals surface area contributed by atoms with Gasteiger partial charge in [-0.05, 0) is 0 Å². The molecule has 0 saturated carbocycles. The maximum atomic E-state index is 8.19. The maximum absolute atomic E-state index is 8.19. The van der Waals surface area contributed by atoms with Crippen molar-refractivity contribution in [3.05, 3.63) is 109 Å². The fourth-order valence-corrected chi connectivity index (χ4v) is 1.03. The zero-order valence-electron chi connectivity index (χ0n) is 12.5. The van der Waals surface area contributed by atoms with Gasteiger partial charge in [0.1, 0.15) is 10.5 Å². The van der Waals surface area contributed by atoms with E-state index in [4.69, 9.17) is 8.47 Å². The Hall–Kier alpha value is -1.78. The van der Waals surface area contributed by atoms with Gasteiger partial charge < -0.3 is 4.80 Å². The molecule has 0 unspecified atom stereocenters. The van der Waals surface area contributed by atoms with Crippen LogP contribution in [0, 0.1) is 18.2 Å².